The summed E-state index contributed by atoms with van der Waals surface area (Å²) in [7, 11) is 0. The van der Waals surface area contributed by atoms with Gasteiger partial charge in [-0.3, -0.25) is 0 Å². The molecule has 0 fully saturated rings. The van der Waals surface area contributed by atoms with Gasteiger partial charge in [-0.25, -0.2) is 9.59 Å². The molecule has 0 spiro atoms. The maximum absolute atomic E-state index is 11.5. The molecule has 0 saturated carbocycles. The van der Waals surface area contributed by atoms with Crippen LogP contribution >= 0.6 is 11.8 Å². The molecule has 19 heavy (non-hydrogen) atoms. The number of carboxylic acid groups (broad SMARTS) is 1. The van der Waals surface area contributed by atoms with Gasteiger partial charge >= 0.3 is 12.1 Å². The van der Waals surface area contributed by atoms with Gasteiger partial charge in [0.05, 0.1) is 5.94 Å². The molecule has 0 aromatic heterocycles. The summed E-state index contributed by atoms with van der Waals surface area (Å²) in [6.45, 7) is 7.69. The standard InChI is InChI=1S/C12H23NO5S/c1-5-17-8-19-7-6-9(10(14)15)13-11(16)18-12(2,3)4/h9H,5-8H2,1-4H3,(H,13,16)(H,14,15). The zero-order valence-electron chi connectivity index (χ0n) is 11.9. The van der Waals surface area contributed by atoms with Crippen LogP contribution in [0.15, 0.2) is 0 Å². The zero-order valence-corrected chi connectivity index (χ0v) is 12.7. The lowest BCUT2D eigenvalue weighted by Gasteiger charge is -2.21. The van der Waals surface area contributed by atoms with Crippen molar-refractivity contribution in [3.63, 3.8) is 0 Å². The molecule has 0 aliphatic rings. The molecule has 7 heteroatoms. The Morgan fingerprint density at radius 1 is 1.37 bits per heavy atom. The van der Waals surface area contributed by atoms with E-state index in [1.807, 2.05) is 6.92 Å². The second kappa shape index (κ2) is 9.03. The maximum Gasteiger partial charge on any atom is 0.408 e. The van der Waals surface area contributed by atoms with E-state index in [1.54, 1.807) is 20.8 Å². The van der Waals surface area contributed by atoms with Crippen molar-refractivity contribution >= 4 is 23.8 Å². The van der Waals surface area contributed by atoms with E-state index in [-0.39, 0.29) is 0 Å². The van der Waals surface area contributed by atoms with E-state index in [2.05, 4.69) is 5.32 Å². The Kier molecular flexibility index (Phi) is 8.58. The highest BCUT2D eigenvalue weighted by Gasteiger charge is 2.23. The van der Waals surface area contributed by atoms with Crippen LogP contribution < -0.4 is 5.32 Å². The van der Waals surface area contributed by atoms with E-state index in [0.717, 1.165) is 0 Å². The minimum Gasteiger partial charge on any atom is -0.480 e. The molecule has 0 heterocycles. The van der Waals surface area contributed by atoms with E-state index in [0.29, 0.717) is 24.7 Å². The third kappa shape index (κ3) is 10.6. The lowest BCUT2D eigenvalue weighted by molar-refractivity contribution is -0.139. The molecule has 0 aliphatic carbocycles. The molecule has 0 radical (unpaired) electrons. The van der Waals surface area contributed by atoms with Crippen LogP contribution in [0.3, 0.4) is 0 Å². The van der Waals surface area contributed by atoms with Gasteiger partial charge in [-0.05, 0) is 39.9 Å². The summed E-state index contributed by atoms with van der Waals surface area (Å²) in [5.41, 5.74) is -0.642. The van der Waals surface area contributed by atoms with Crippen molar-refractivity contribution in [3.8, 4) is 0 Å². The molecule has 0 aromatic carbocycles. The summed E-state index contributed by atoms with van der Waals surface area (Å²) in [5, 5.41) is 11.4. The summed E-state index contributed by atoms with van der Waals surface area (Å²) in [6.07, 6.45) is -0.388. The Balaban J connectivity index is 4.05. The molecular weight excluding hydrogens is 270 g/mol. The largest absolute Gasteiger partial charge is 0.480 e. The normalized spacial score (nSPS) is 12.8. The fourth-order valence-corrected chi connectivity index (χ4v) is 1.91. The van der Waals surface area contributed by atoms with E-state index < -0.39 is 23.7 Å². The first-order valence-electron chi connectivity index (χ1n) is 6.14. The molecule has 0 bridgehead atoms. The summed E-state index contributed by atoms with van der Waals surface area (Å²) in [6, 6.07) is -0.941. The summed E-state index contributed by atoms with van der Waals surface area (Å²) >= 11 is 1.49. The number of nitrogens with one attached hydrogen (secondary N) is 1. The van der Waals surface area contributed by atoms with E-state index in [9.17, 15) is 9.59 Å². The number of thioether (sulfide) groups is 1. The molecule has 1 amide bonds. The third-order valence-corrected chi connectivity index (χ3v) is 2.77. The second-order valence-corrected chi connectivity index (χ2v) is 5.90. The third-order valence-electron chi connectivity index (χ3n) is 1.91. The zero-order chi connectivity index (χ0) is 14.9. The van der Waals surface area contributed by atoms with Crippen LogP contribution in [0.5, 0.6) is 0 Å². The average molecular weight is 293 g/mol. The van der Waals surface area contributed by atoms with Crippen LogP contribution in [0.4, 0.5) is 4.79 Å². The topological polar surface area (TPSA) is 84.9 Å². The van der Waals surface area contributed by atoms with Crippen LogP contribution in [0.1, 0.15) is 34.1 Å². The highest BCUT2D eigenvalue weighted by molar-refractivity contribution is 7.99. The number of carboxylic acids is 1. The van der Waals surface area contributed by atoms with Gasteiger partial charge in [0.15, 0.2) is 0 Å². The quantitative estimate of drug-likeness (QED) is 0.526. The van der Waals surface area contributed by atoms with Crippen molar-refractivity contribution in [1.29, 1.82) is 0 Å². The number of carbonyl (C=O) groups is 2. The summed E-state index contributed by atoms with van der Waals surface area (Å²) in [5.74, 6) is 0.0463. The maximum atomic E-state index is 11.5. The Hall–Kier alpha value is -0.950. The number of aliphatic carboxylic acids is 1. The van der Waals surface area contributed by atoms with Crippen molar-refractivity contribution in [2.24, 2.45) is 0 Å². The first-order valence-corrected chi connectivity index (χ1v) is 7.29. The molecule has 0 saturated heterocycles. The molecule has 0 aliphatic heterocycles. The van der Waals surface area contributed by atoms with Crippen molar-refractivity contribution in [2.75, 3.05) is 18.3 Å². The van der Waals surface area contributed by atoms with Gasteiger partial charge in [-0.2, -0.15) is 0 Å². The van der Waals surface area contributed by atoms with Gasteiger partial charge < -0.3 is 19.9 Å². The molecule has 0 rings (SSSR count). The SMILES string of the molecule is CCOCSCCC(NC(=O)OC(C)(C)C)C(=O)O. The average Bonchev–Trinajstić information content (AvgIpc) is 2.24. The van der Waals surface area contributed by atoms with Crippen LogP contribution in [-0.4, -0.2) is 47.1 Å². The van der Waals surface area contributed by atoms with Gasteiger partial charge in [0.1, 0.15) is 11.6 Å². The monoisotopic (exact) mass is 293 g/mol. The Bertz CT molecular complexity index is 290. The summed E-state index contributed by atoms with van der Waals surface area (Å²) in [4.78, 5) is 22.5. The van der Waals surface area contributed by atoms with Crippen LogP contribution in [0.2, 0.25) is 0 Å². The van der Waals surface area contributed by atoms with Gasteiger partial charge in [-0.15, -0.1) is 11.8 Å². The lowest BCUT2D eigenvalue weighted by Crippen LogP contribution is -2.43. The molecule has 1 atom stereocenters. The number of rotatable bonds is 8. The first kappa shape index (κ1) is 18.0. The minimum atomic E-state index is -1.07. The molecular formula is C12H23NO5S. The lowest BCUT2D eigenvalue weighted by atomic mass is 10.2. The van der Waals surface area contributed by atoms with E-state index in [4.69, 9.17) is 14.6 Å². The first-order chi connectivity index (χ1) is 8.76. The predicted molar refractivity (Wildman–Crippen MR) is 74.4 cm³/mol. The van der Waals surface area contributed by atoms with Crippen molar-refractivity contribution in [2.45, 2.75) is 45.8 Å². The van der Waals surface area contributed by atoms with Crippen molar-refractivity contribution in [1.82, 2.24) is 5.32 Å². The highest BCUT2D eigenvalue weighted by atomic mass is 32.2. The summed E-state index contributed by atoms with van der Waals surface area (Å²) < 4.78 is 10.1. The number of alkyl carbamates (subject to hydrolysis) is 1. The van der Waals surface area contributed by atoms with E-state index in [1.165, 1.54) is 11.8 Å². The molecule has 6 nitrogen and oxygen atoms in total. The van der Waals surface area contributed by atoms with Gasteiger partial charge in [0.25, 0.3) is 0 Å². The van der Waals surface area contributed by atoms with Crippen LogP contribution in [0.25, 0.3) is 0 Å². The number of carbonyl (C=O) groups excluding carboxylic acids is 1. The molecule has 2 N–H and O–H groups in total. The smallest absolute Gasteiger partial charge is 0.408 e. The Morgan fingerprint density at radius 2 is 2.00 bits per heavy atom. The van der Waals surface area contributed by atoms with Gasteiger partial charge in [0.2, 0.25) is 0 Å². The molecule has 112 valence electrons. The van der Waals surface area contributed by atoms with Crippen molar-refractivity contribution < 1.29 is 24.2 Å². The number of hydrogen-bond acceptors (Lipinski definition) is 5. The Morgan fingerprint density at radius 3 is 2.47 bits per heavy atom. The second-order valence-electron chi connectivity index (χ2n) is 4.84. The highest BCUT2D eigenvalue weighted by Crippen LogP contribution is 2.09. The van der Waals surface area contributed by atoms with Crippen LogP contribution in [-0.2, 0) is 14.3 Å². The van der Waals surface area contributed by atoms with Gasteiger partial charge in [0, 0.05) is 6.61 Å². The predicted octanol–water partition coefficient (Wildman–Crippen LogP) is 2.08. The number of ether oxygens (including phenoxy) is 2. The minimum absolute atomic E-state index is 0.326. The molecule has 1 unspecified atom stereocenters. The molecule has 0 aromatic rings. The fraction of sp³-hybridized carbons (Fsp3) is 0.833. The Labute approximate surface area is 118 Å². The van der Waals surface area contributed by atoms with Gasteiger partial charge in [-0.1, -0.05) is 0 Å². The number of hydrogen-bond donors (Lipinski definition) is 2. The van der Waals surface area contributed by atoms with Crippen LogP contribution in [0, 0.1) is 0 Å². The fourth-order valence-electron chi connectivity index (χ4n) is 1.11. The van der Waals surface area contributed by atoms with Crippen molar-refractivity contribution in [3.05, 3.63) is 0 Å². The van der Waals surface area contributed by atoms with E-state index >= 15 is 0 Å². The number of amides is 1.